The quantitative estimate of drug-likeness (QED) is 0.874. The third-order valence-electron chi connectivity index (χ3n) is 4.60. The van der Waals surface area contributed by atoms with Crippen molar-refractivity contribution in [1.82, 2.24) is 25.2 Å². The fourth-order valence-electron chi connectivity index (χ4n) is 3.36. The van der Waals surface area contributed by atoms with Crippen LogP contribution in [-0.2, 0) is 6.54 Å². The Kier molecular flexibility index (Phi) is 6.06. The summed E-state index contributed by atoms with van der Waals surface area (Å²) < 4.78 is 0. The van der Waals surface area contributed by atoms with Crippen LogP contribution in [0.1, 0.15) is 41.0 Å². The van der Waals surface area contributed by atoms with Gasteiger partial charge < -0.3 is 5.32 Å². The molecule has 2 aromatic rings. The Morgan fingerprint density at radius 1 is 1.32 bits per heavy atom. The number of aromatic nitrogens is 3. The number of aryl methyl sites for hydroxylation is 1. The molecule has 0 aliphatic carbocycles. The number of pyridine rings is 1. The van der Waals surface area contributed by atoms with Gasteiger partial charge in [-0.3, -0.25) is 14.7 Å². The van der Waals surface area contributed by atoms with Crippen molar-refractivity contribution in [2.75, 3.05) is 19.6 Å². The summed E-state index contributed by atoms with van der Waals surface area (Å²) in [5.41, 5.74) is 2.72. The zero-order valence-corrected chi connectivity index (χ0v) is 14.7. The average molecular weight is 339 g/mol. The van der Waals surface area contributed by atoms with Crippen molar-refractivity contribution in [3.8, 4) is 0 Å². The third kappa shape index (κ3) is 5.32. The van der Waals surface area contributed by atoms with Crippen LogP contribution >= 0.6 is 0 Å². The molecule has 6 nitrogen and oxygen atoms in total. The molecule has 0 aromatic carbocycles. The number of hydrogen-bond donors (Lipinski definition) is 1. The zero-order chi connectivity index (χ0) is 17.5. The molecule has 0 unspecified atom stereocenters. The summed E-state index contributed by atoms with van der Waals surface area (Å²) >= 11 is 0. The topological polar surface area (TPSA) is 71.0 Å². The van der Waals surface area contributed by atoms with Crippen molar-refractivity contribution in [3.05, 3.63) is 53.9 Å². The van der Waals surface area contributed by atoms with Crippen LogP contribution in [0.15, 0.2) is 36.9 Å². The molecule has 1 amide bonds. The second kappa shape index (κ2) is 8.67. The number of rotatable bonds is 6. The number of nitrogens with zero attached hydrogens (tertiary/aromatic N) is 4. The van der Waals surface area contributed by atoms with E-state index in [1.54, 1.807) is 12.4 Å². The Morgan fingerprint density at radius 2 is 2.16 bits per heavy atom. The lowest BCUT2D eigenvalue weighted by Gasteiger charge is -2.32. The predicted octanol–water partition coefficient (Wildman–Crippen LogP) is 2.21. The maximum atomic E-state index is 12.0. The first-order valence-electron chi connectivity index (χ1n) is 8.89. The maximum Gasteiger partial charge on any atom is 0.254 e. The van der Waals surface area contributed by atoms with Crippen molar-refractivity contribution in [3.63, 3.8) is 0 Å². The number of amides is 1. The van der Waals surface area contributed by atoms with Crippen LogP contribution in [0.3, 0.4) is 0 Å². The first-order chi connectivity index (χ1) is 12.2. The van der Waals surface area contributed by atoms with Crippen LogP contribution < -0.4 is 5.32 Å². The molecule has 0 radical (unpaired) electrons. The molecular formula is C19H25N5O. The van der Waals surface area contributed by atoms with Gasteiger partial charge in [-0.25, -0.2) is 9.97 Å². The van der Waals surface area contributed by atoms with Gasteiger partial charge >= 0.3 is 0 Å². The van der Waals surface area contributed by atoms with Gasteiger partial charge in [0.1, 0.15) is 6.33 Å². The lowest BCUT2D eigenvalue weighted by Crippen LogP contribution is -2.37. The summed E-state index contributed by atoms with van der Waals surface area (Å²) in [6, 6.07) is 6.20. The summed E-state index contributed by atoms with van der Waals surface area (Å²) in [5, 5.41) is 2.97. The summed E-state index contributed by atoms with van der Waals surface area (Å²) in [7, 11) is 0. The molecular weight excluding hydrogens is 314 g/mol. The van der Waals surface area contributed by atoms with Crippen LogP contribution in [0, 0.1) is 12.8 Å². The molecule has 2 aromatic heterocycles. The van der Waals surface area contributed by atoms with Gasteiger partial charge in [0.05, 0.1) is 11.3 Å². The normalized spacial score (nSPS) is 18.0. The highest BCUT2D eigenvalue weighted by molar-refractivity contribution is 5.93. The van der Waals surface area contributed by atoms with E-state index in [1.807, 2.05) is 13.0 Å². The monoisotopic (exact) mass is 339 g/mol. The van der Waals surface area contributed by atoms with E-state index in [9.17, 15) is 4.79 Å². The smallest absolute Gasteiger partial charge is 0.254 e. The molecule has 1 aliphatic heterocycles. The molecule has 1 N–H and O–H groups in total. The number of carbonyl (C=O) groups excluding carboxylic acids is 1. The van der Waals surface area contributed by atoms with Crippen molar-refractivity contribution in [2.24, 2.45) is 5.92 Å². The van der Waals surface area contributed by atoms with Gasteiger partial charge in [0.15, 0.2) is 0 Å². The Morgan fingerprint density at radius 3 is 2.96 bits per heavy atom. The maximum absolute atomic E-state index is 12.0. The highest BCUT2D eigenvalue weighted by Crippen LogP contribution is 2.20. The molecule has 1 aliphatic rings. The third-order valence-corrected chi connectivity index (χ3v) is 4.60. The van der Waals surface area contributed by atoms with Crippen molar-refractivity contribution in [1.29, 1.82) is 0 Å². The van der Waals surface area contributed by atoms with Crippen LogP contribution in [0.5, 0.6) is 0 Å². The number of piperidine rings is 1. The van der Waals surface area contributed by atoms with Crippen LogP contribution in [0.25, 0.3) is 0 Å². The SMILES string of the molecule is Cc1cccc(CN2CCC[C@@H](CCNC(=O)c3cncnc3)C2)n1. The fourth-order valence-corrected chi connectivity index (χ4v) is 3.36. The Balaban J connectivity index is 1.43. The van der Waals surface area contributed by atoms with Gasteiger partial charge in [-0.1, -0.05) is 6.07 Å². The molecule has 0 saturated carbocycles. The number of likely N-dealkylation sites (tertiary alicyclic amines) is 1. The molecule has 25 heavy (non-hydrogen) atoms. The van der Waals surface area contributed by atoms with E-state index in [2.05, 4.69) is 37.3 Å². The molecule has 3 heterocycles. The summed E-state index contributed by atoms with van der Waals surface area (Å²) in [5.74, 6) is 0.517. The molecule has 3 rings (SSSR count). The zero-order valence-electron chi connectivity index (χ0n) is 14.7. The van der Waals surface area contributed by atoms with Crippen molar-refractivity contribution < 1.29 is 4.79 Å². The van der Waals surface area contributed by atoms with Crippen molar-refractivity contribution in [2.45, 2.75) is 32.7 Å². The predicted molar refractivity (Wildman–Crippen MR) is 96.0 cm³/mol. The molecule has 6 heteroatoms. The van der Waals surface area contributed by atoms with E-state index >= 15 is 0 Å². The van der Waals surface area contributed by atoms with Gasteiger partial charge in [0, 0.05) is 37.7 Å². The lowest BCUT2D eigenvalue weighted by molar-refractivity contribution is 0.0945. The highest BCUT2D eigenvalue weighted by Gasteiger charge is 2.20. The fraction of sp³-hybridized carbons (Fsp3) is 0.474. The Bertz CT molecular complexity index is 691. The van der Waals surface area contributed by atoms with Gasteiger partial charge in [0.25, 0.3) is 5.91 Å². The Labute approximate surface area is 148 Å². The van der Waals surface area contributed by atoms with Crippen LogP contribution in [0.2, 0.25) is 0 Å². The van der Waals surface area contributed by atoms with Crippen LogP contribution in [0.4, 0.5) is 0 Å². The van der Waals surface area contributed by atoms with Crippen LogP contribution in [-0.4, -0.2) is 45.4 Å². The van der Waals surface area contributed by atoms with Crippen molar-refractivity contribution >= 4 is 5.91 Å². The standard InChI is InChI=1S/C19H25N5O/c1-15-4-2-6-18(23-15)13-24-9-3-5-16(12-24)7-8-22-19(25)17-10-20-14-21-11-17/h2,4,6,10-11,14,16H,3,5,7-9,12-13H2,1H3,(H,22,25)/t16-/m0/s1. The minimum atomic E-state index is -0.0998. The molecule has 1 atom stereocenters. The molecule has 0 bridgehead atoms. The Hall–Kier alpha value is -2.34. The number of hydrogen-bond acceptors (Lipinski definition) is 5. The first-order valence-corrected chi connectivity index (χ1v) is 8.89. The minimum Gasteiger partial charge on any atom is -0.352 e. The summed E-state index contributed by atoms with van der Waals surface area (Å²) in [6.45, 7) is 5.82. The molecule has 1 saturated heterocycles. The van der Waals surface area contributed by atoms with Gasteiger partial charge in [-0.15, -0.1) is 0 Å². The second-order valence-electron chi connectivity index (χ2n) is 6.69. The lowest BCUT2D eigenvalue weighted by atomic mass is 9.94. The first kappa shape index (κ1) is 17.5. The molecule has 1 fully saturated rings. The van der Waals surface area contributed by atoms with Gasteiger partial charge in [-0.2, -0.15) is 0 Å². The average Bonchev–Trinajstić information content (AvgIpc) is 2.63. The van der Waals surface area contributed by atoms with E-state index in [1.165, 1.54) is 19.2 Å². The minimum absolute atomic E-state index is 0.0998. The number of carbonyl (C=O) groups is 1. The van der Waals surface area contributed by atoms with E-state index in [4.69, 9.17) is 0 Å². The highest BCUT2D eigenvalue weighted by atomic mass is 16.1. The van der Waals surface area contributed by atoms with E-state index < -0.39 is 0 Å². The second-order valence-corrected chi connectivity index (χ2v) is 6.69. The largest absolute Gasteiger partial charge is 0.352 e. The molecule has 0 spiro atoms. The summed E-state index contributed by atoms with van der Waals surface area (Å²) in [4.78, 5) is 26.8. The van der Waals surface area contributed by atoms with E-state index in [0.29, 0.717) is 18.0 Å². The van der Waals surface area contributed by atoms with E-state index in [-0.39, 0.29) is 5.91 Å². The molecule has 132 valence electrons. The van der Waals surface area contributed by atoms with Gasteiger partial charge in [-0.05, 0) is 50.8 Å². The number of nitrogens with one attached hydrogen (secondary N) is 1. The van der Waals surface area contributed by atoms with Gasteiger partial charge in [0.2, 0.25) is 0 Å². The summed E-state index contributed by atoms with van der Waals surface area (Å²) in [6.07, 6.45) is 7.94. The van der Waals surface area contributed by atoms with E-state index in [0.717, 1.165) is 37.4 Å².